The SMILES string of the molecule is CCOc1cc(C2C(C(=O)Nc3cccc(C)c3C)=C(C)Nc3ncnn32)cc(Br)c1OCc1c(Cl)cccc1Cl. The van der Waals surface area contributed by atoms with Crippen molar-refractivity contribution in [1.82, 2.24) is 14.8 Å². The highest BCUT2D eigenvalue weighted by Crippen LogP contribution is 2.43. The zero-order valence-corrected chi connectivity index (χ0v) is 26.0. The van der Waals surface area contributed by atoms with Crippen LogP contribution >= 0.6 is 39.1 Å². The van der Waals surface area contributed by atoms with E-state index in [-0.39, 0.29) is 12.5 Å². The van der Waals surface area contributed by atoms with E-state index >= 15 is 0 Å². The number of halogens is 3. The predicted octanol–water partition coefficient (Wildman–Crippen LogP) is 7.87. The number of rotatable bonds is 8. The number of carbonyl (C=O) groups excluding carboxylic acids is 1. The van der Waals surface area contributed by atoms with Crippen molar-refractivity contribution in [3.63, 3.8) is 0 Å². The number of benzene rings is 3. The molecule has 0 aliphatic carbocycles. The molecule has 2 N–H and O–H groups in total. The number of carbonyl (C=O) groups is 1. The molecular formula is C30H28BrCl2N5O3. The topological polar surface area (TPSA) is 90.3 Å². The van der Waals surface area contributed by atoms with Crippen molar-refractivity contribution >= 4 is 56.7 Å². The summed E-state index contributed by atoms with van der Waals surface area (Å²) in [5.41, 5.74) is 5.42. The summed E-state index contributed by atoms with van der Waals surface area (Å²) in [6.45, 7) is 8.28. The third kappa shape index (κ3) is 5.80. The Kier molecular flexibility index (Phi) is 8.58. The molecule has 1 unspecified atom stereocenters. The highest BCUT2D eigenvalue weighted by molar-refractivity contribution is 9.10. The van der Waals surface area contributed by atoms with Crippen molar-refractivity contribution in [3.05, 3.63) is 103 Å². The quantitative estimate of drug-likeness (QED) is 0.201. The normalized spacial score (nSPS) is 14.4. The fourth-order valence-electron chi connectivity index (χ4n) is 4.73. The second-order valence-corrected chi connectivity index (χ2v) is 11.2. The highest BCUT2D eigenvalue weighted by Gasteiger charge is 2.35. The predicted molar refractivity (Wildman–Crippen MR) is 165 cm³/mol. The average Bonchev–Trinajstić information content (AvgIpc) is 3.39. The van der Waals surface area contributed by atoms with Gasteiger partial charge in [-0.1, -0.05) is 41.4 Å². The number of aryl methyl sites for hydroxylation is 1. The summed E-state index contributed by atoms with van der Waals surface area (Å²) in [6, 6.07) is 14.3. The Hall–Kier alpha value is -3.53. The molecule has 5 rings (SSSR count). The van der Waals surface area contributed by atoms with Crippen molar-refractivity contribution in [3.8, 4) is 11.5 Å². The molecule has 1 atom stereocenters. The smallest absolute Gasteiger partial charge is 0.255 e. The number of hydrogen-bond acceptors (Lipinski definition) is 6. The van der Waals surface area contributed by atoms with Crippen LogP contribution in [0.1, 0.15) is 42.1 Å². The van der Waals surface area contributed by atoms with E-state index in [1.165, 1.54) is 6.33 Å². The number of amides is 1. The van der Waals surface area contributed by atoms with Crippen molar-refractivity contribution < 1.29 is 14.3 Å². The zero-order valence-electron chi connectivity index (χ0n) is 22.9. The van der Waals surface area contributed by atoms with Crippen LogP contribution in [-0.2, 0) is 11.4 Å². The monoisotopic (exact) mass is 655 g/mol. The lowest BCUT2D eigenvalue weighted by atomic mass is 9.94. The molecule has 8 nitrogen and oxygen atoms in total. The minimum atomic E-state index is -0.596. The van der Waals surface area contributed by atoms with Gasteiger partial charge in [-0.15, -0.1) is 0 Å². The summed E-state index contributed by atoms with van der Waals surface area (Å²) in [4.78, 5) is 18.2. The van der Waals surface area contributed by atoms with E-state index in [9.17, 15) is 4.79 Å². The number of aromatic nitrogens is 3. The molecule has 1 aliphatic rings. The Morgan fingerprint density at radius 2 is 1.83 bits per heavy atom. The number of fused-ring (bicyclic) bond motifs is 1. The first-order valence-electron chi connectivity index (χ1n) is 13.0. The summed E-state index contributed by atoms with van der Waals surface area (Å²) in [5, 5.41) is 11.8. The number of allylic oxidation sites excluding steroid dienone is 1. The minimum Gasteiger partial charge on any atom is -0.490 e. The fraction of sp³-hybridized carbons (Fsp3) is 0.233. The second-order valence-electron chi connectivity index (χ2n) is 9.55. The molecule has 0 radical (unpaired) electrons. The second kappa shape index (κ2) is 12.1. The Morgan fingerprint density at radius 1 is 1.10 bits per heavy atom. The van der Waals surface area contributed by atoms with Gasteiger partial charge in [-0.2, -0.15) is 10.1 Å². The third-order valence-electron chi connectivity index (χ3n) is 6.96. The lowest BCUT2D eigenvalue weighted by molar-refractivity contribution is -0.113. The molecule has 0 saturated heterocycles. The van der Waals surface area contributed by atoms with Gasteiger partial charge in [-0.25, -0.2) is 4.68 Å². The van der Waals surface area contributed by atoms with Crippen molar-refractivity contribution in [1.29, 1.82) is 0 Å². The first-order chi connectivity index (χ1) is 19.7. The van der Waals surface area contributed by atoms with Crippen LogP contribution in [0, 0.1) is 13.8 Å². The fourth-order valence-corrected chi connectivity index (χ4v) is 5.81. The molecule has 1 aliphatic heterocycles. The van der Waals surface area contributed by atoms with E-state index < -0.39 is 6.04 Å². The van der Waals surface area contributed by atoms with Gasteiger partial charge >= 0.3 is 0 Å². The van der Waals surface area contributed by atoms with Crippen LogP contribution in [0.25, 0.3) is 0 Å². The first-order valence-corrected chi connectivity index (χ1v) is 14.5. The Morgan fingerprint density at radius 3 is 2.56 bits per heavy atom. The lowest BCUT2D eigenvalue weighted by Gasteiger charge is -2.29. The molecule has 11 heteroatoms. The maximum absolute atomic E-state index is 13.9. The molecule has 1 amide bonds. The molecule has 0 spiro atoms. The largest absolute Gasteiger partial charge is 0.490 e. The molecule has 3 aromatic carbocycles. The molecular weight excluding hydrogens is 629 g/mol. The van der Waals surface area contributed by atoms with Crippen LogP contribution < -0.4 is 20.1 Å². The molecule has 41 heavy (non-hydrogen) atoms. The summed E-state index contributed by atoms with van der Waals surface area (Å²) < 4.78 is 14.5. The molecule has 1 aromatic heterocycles. The van der Waals surface area contributed by atoms with E-state index in [4.69, 9.17) is 32.7 Å². The van der Waals surface area contributed by atoms with Crippen LogP contribution in [0.5, 0.6) is 11.5 Å². The Bertz CT molecular complexity index is 1650. The van der Waals surface area contributed by atoms with Gasteiger partial charge in [-0.3, -0.25) is 4.79 Å². The summed E-state index contributed by atoms with van der Waals surface area (Å²) in [5.74, 6) is 1.25. The molecule has 212 valence electrons. The molecule has 0 bridgehead atoms. The first kappa shape index (κ1) is 29.0. The highest BCUT2D eigenvalue weighted by atomic mass is 79.9. The van der Waals surface area contributed by atoms with Gasteiger partial charge in [0.05, 0.1) is 16.7 Å². The molecule has 0 fully saturated rings. The number of nitrogens with zero attached hydrogens (tertiary/aromatic N) is 3. The van der Waals surface area contributed by atoms with Crippen LogP contribution in [0.15, 0.2) is 70.6 Å². The Labute approximate surface area is 256 Å². The summed E-state index contributed by atoms with van der Waals surface area (Å²) in [6.07, 6.45) is 1.46. The summed E-state index contributed by atoms with van der Waals surface area (Å²) >= 11 is 16.4. The number of nitrogens with one attached hydrogen (secondary N) is 2. The molecule has 4 aromatic rings. The van der Waals surface area contributed by atoms with E-state index in [0.717, 1.165) is 22.4 Å². The van der Waals surface area contributed by atoms with Crippen LogP contribution in [-0.4, -0.2) is 27.3 Å². The van der Waals surface area contributed by atoms with E-state index in [1.54, 1.807) is 22.9 Å². The minimum absolute atomic E-state index is 0.139. The van der Waals surface area contributed by atoms with Crippen molar-refractivity contribution in [2.75, 3.05) is 17.2 Å². The van der Waals surface area contributed by atoms with Crippen molar-refractivity contribution in [2.45, 2.75) is 40.3 Å². The average molecular weight is 657 g/mol. The number of anilines is 2. The number of ether oxygens (including phenoxy) is 2. The van der Waals surface area contributed by atoms with Gasteiger partial charge in [-0.05, 0) is 90.6 Å². The molecule has 0 saturated carbocycles. The van der Waals surface area contributed by atoms with Gasteiger partial charge in [0.15, 0.2) is 11.5 Å². The van der Waals surface area contributed by atoms with E-state index in [2.05, 4.69) is 36.6 Å². The lowest BCUT2D eigenvalue weighted by Crippen LogP contribution is -2.31. The third-order valence-corrected chi connectivity index (χ3v) is 8.26. The van der Waals surface area contributed by atoms with Gasteiger partial charge in [0.25, 0.3) is 5.91 Å². The maximum Gasteiger partial charge on any atom is 0.255 e. The maximum atomic E-state index is 13.9. The van der Waals surface area contributed by atoms with Gasteiger partial charge in [0.2, 0.25) is 5.95 Å². The van der Waals surface area contributed by atoms with Gasteiger partial charge in [0.1, 0.15) is 19.0 Å². The van der Waals surface area contributed by atoms with Crippen LogP contribution in [0.4, 0.5) is 11.6 Å². The summed E-state index contributed by atoms with van der Waals surface area (Å²) in [7, 11) is 0. The van der Waals surface area contributed by atoms with E-state index in [0.29, 0.717) is 55.4 Å². The number of hydrogen-bond donors (Lipinski definition) is 2. The standard InChI is InChI=1S/C30H28BrCl2N5O3/c1-5-40-25-13-19(12-21(31)28(25)41-14-20-22(32)9-7-10-23(20)33)27-26(18(4)36-30-34-15-35-38(27)30)29(39)37-24-11-6-8-16(2)17(24)3/h6-13,15,27H,5,14H2,1-4H3,(H,37,39)(H,34,35,36). The molecule has 2 heterocycles. The van der Waals surface area contributed by atoms with Crippen molar-refractivity contribution in [2.24, 2.45) is 0 Å². The Balaban J connectivity index is 1.55. The zero-order chi connectivity index (χ0) is 29.3. The van der Waals surface area contributed by atoms with E-state index in [1.807, 2.05) is 58.0 Å². The van der Waals surface area contributed by atoms with Crippen LogP contribution in [0.2, 0.25) is 10.0 Å². The van der Waals surface area contributed by atoms with Gasteiger partial charge < -0.3 is 20.1 Å². The van der Waals surface area contributed by atoms with Crippen LogP contribution in [0.3, 0.4) is 0 Å². The van der Waals surface area contributed by atoms with Gasteiger partial charge in [0, 0.05) is 27.0 Å².